The predicted molar refractivity (Wildman–Crippen MR) is 164 cm³/mol. The van der Waals surface area contributed by atoms with E-state index in [-0.39, 0.29) is 48.0 Å². The monoisotopic (exact) mass is 616 g/mol. The maximum atomic E-state index is 15.2. The Balaban J connectivity index is 1.18. The molecular weight excluding hydrogens is 578 g/mol. The number of aromatic nitrogens is 4. The lowest BCUT2D eigenvalue weighted by Gasteiger charge is -2.20. The van der Waals surface area contributed by atoms with Crippen molar-refractivity contribution in [1.82, 2.24) is 19.7 Å². The Labute approximate surface area is 261 Å². The van der Waals surface area contributed by atoms with Gasteiger partial charge in [-0.15, -0.1) is 0 Å². The van der Waals surface area contributed by atoms with Gasteiger partial charge in [-0.3, -0.25) is 4.79 Å². The number of esters is 1. The van der Waals surface area contributed by atoms with E-state index in [4.69, 9.17) is 9.47 Å². The van der Waals surface area contributed by atoms with Crippen molar-refractivity contribution in [3.05, 3.63) is 82.3 Å². The summed E-state index contributed by atoms with van der Waals surface area (Å²) in [6, 6.07) is 7.97. The van der Waals surface area contributed by atoms with E-state index in [1.54, 1.807) is 31.1 Å². The maximum absolute atomic E-state index is 15.2. The van der Waals surface area contributed by atoms with E-state index in [1.165, 1.54) is 6.07 Å². The third kappa shape index (κ3) is 6.33. The van der Waals surface area contributed by atoms with Gasteiger partial charge in [-0.2, -0.15) is 5.10 Å². The first kappa shape index (κ1) is 30.8. The molecule has 1 saturated carbocycles. The summed E-state index contributed by atoms with van der Waals surface area (Å²) in [6.45, 7) is 12.9. The number of hydrogen-bond acceptors (Lipinski definition) is 7. The number of ether oxygens (including phenoxy) is 2. The van der Waals surface area contributed by atoms with Crippen LogP contribution in [0, 0.1) is 37.3 Å². The number of hydrogen-bond donors (Lipinski definition) is 1. The first-order valence-corrected chi connectivity index (χ1v) is 15.1. The van der Waals surface area contributed by atoms with Gasteiger partial charge in [-0.05, 0) is 107 Å². The highest BCUT2D eigenvalue weighted by Crippen LogP contribution is 2.62. The molecule has 0 bridgehead atoms. The third-order valence-electron chi connectivity index (χ3n) is 8.32. The van der Waals surface area contributed by atoms with Gasteiger partial charge in [-0.25, -0.2) is 23.4 Å². The van der Waals surface area contributed by atoms with Crippen molar-refractivity contribution in [3.63, 3.8) is 0 Å². The van der Waals surface area contributed by atoms with Gasteiger partial charge >= 0.3 is 5.97 Å². The molecule has 3 atom stereocenters. The lowest BCUT2D eigenvalue weighted by molar-refractivity contribution is -0.157. The zero-order valence-corrected chi connectivity index (χ0v) is 26.6. The van der Waals surface area contributed by atoms with Gasteiger partial charge in [0.05, 0.1) is 18.1 Å². The smallest absolute Gasteiger partial charge is 0.310 e. The Morgan fingerprint density at radius 1 is 1.02 bits per heavy atom. The molecule has 2 aliphatic rings. The van der Waals surface area contributed by atoms with Gasteiger partial charge in [0.15, 0.2) is 5.82 Å². The van der Waals surface area contributed by atoms with Gasteiger partial charge < -0.3 is 14.6 Å². The van der Waals surface area contributed by atoms with Crippen LogP contribution in [0.2, 0.25) is 0 Å². The van der Waals surface area contributed by atoms with Crippen LogP contribution in [0.5, 0.6) is 5.88 Å². The number of fused-ring (bicyclic) bond motifs is 3. The minimum atomic E-state index is -0.939. The average Bonchev–Trinajstić information content (AvgIpc) is 3.23. The molecule has 10 heteroatoms. The second kappa shape index (κ2) is 11.0. The van der Waals surface area contributed by atoms with E-state index in [2.05, 4.69) is 15.1 Å². The minimum Gasteiger partial charge on any atom is -0.473 e. The second-order valence-corrected chi connectivity index (χ2v) is 13.9. The molecule has 0 amide bonds. The first-order valence-electron chi connectivity index (χ1n) is 15.1. The molecule has 0 saturated heterocycles. The average molecular weight is 617 g/mol. The molecule has 4 aromatic rings. The van der Waals surface area contributed by atoms with Crippen molar-refractivity contribution in [2.24, 2.45) is 11.8 Å². The lowest BCUT2D eigenvalue weighted by atomic mass is 9.92. The van der Waals surface area contributed by atoms with Gasteiger partial charge in [0, 0.05) is 40.9 Å². The van der Waals surface area contributed by atoms with Crippen LogP contribution in [0.3, 0.4) is 0 Å². The number of pyridine rings is 1. The van der Waals surface area contributed by atoms with Crippen LogP contribution >= 0.6 is 0 Å². The molecular formula is C35H38F2N4O4. The maximum Gasteiger partial charge on any atom is 0.310 e. The third-order valence-corrected chi connectivity index (χ3v) is 8.32. The second-order valence-electron chi connectivity index (χ2n) is 13.9. The molecule has 45 heavy (non-hydrogen) atoms. The number of nitrogens with zero attached hydrogens (tertiary/aromatic N) is 4. The lowest BCUT2D eigenvalue weighted by Crippen LogP contribution is -2.26. The number of benzene rings is 2. The minimum absolute atomic E-state index is 0.116. The molecule has 8 nitrogen and oxygen atoms in total. The van der Waals surface area contributed by atoms with E-state index in [0.29, 0.717) is 17.3 Å². The molecule has 2 aliphatic carbocycles. The van der Waals surface area contributed by atoms with Crippen LogP contribution in [-0.2, 0) is 29.1 Å². The van der Waals surface area contributed by atoms with Crippen molar-refractivity contribution < 1.29 is 28.2 Å². The molecule has 2 aromatic heterocycles. The van der Waals surface area contributed by atoms with E-state index in [0.717, 1.165) is 40.3 Å². The molecule has 2 aromatic carbocycles. The molecule has 1 fully saturated rings. The van der Waals surface area contributed by atoms with Crippen LogP contribution in [-0.4, -0.2) is 42.0 Å². The summed E-state index contributed by atoms with van der Waals surface area (Å²) in [7, 11) is 0. The van der Waals surface area contributed by atoms with Gasteiger partial charge in [-0.1, -0.05) is 0 Å². The number of carbonyl (C=O) groups is 1. The zero-order chi connectivity index (χ0) is 32.4. The summed E-state index contributed by atoms with van der Waals surface area (Å²) >= 11 is 0. The molecule has 0 radical (unpaired) electrons. The Bertz CT molecular complexity index is 1780. The van der Waals surface area contributed by atoms with Crippen molar-refractivity contribution in [3.8, 4) is 28.4 Å². The Morgan fingerprint density at radius 2 is 1.73 bits per heavy atom. The van der Waals surface area contributed by atoms with Crippen molar-refractivity contribution >= 4 is 5.97 Å². The van der Waals surface area contributed by atoms with E-state index in [9.17, 15) is 14.3 Å². The van der Waals surface area contributed by atoms with Crippen LogP contribution in [0.15, 0.2) is 42.9 Å². The molecule has 3 unspecified atom stereocenters. The molecule has 236 valence electrons. The van der Waals surface area contributed by atoms with Crippen LogP contribution in [0.4, 0.5) is 8.78 Å². The number of rotatable bonds is 8. The van der Waals surface area contributed by atoms with E-state index in [1.807, 2.05) is 52.8 Å². The number of aliphatic hydroxyl groups is 1. The number of carbonyl (C=O) groups excluding carboxylic acids is 1. The van der Waals surface area contributed by atoms with Crippen molar-refractivity contribution in [2.75, 3.05) is 0 Å². The van der Waals surface area contributed by atoms with Gasteiger partial charge in [0.25, 0.3) is 0 Å². The molecule has 0 aliphatic heterocycles. The molecule has 2 heterocycles. The fourth-order valence-corrected chi connectivity index (χ4v) is 6.50. The molecule has 0 spiro atoms. The highest BCUT2D eigenvalue weighted by Gasteiger charge is 2.61. The summed E-state index contributed by atoms with van der Waals surface area (Å²) in [5.41, 5.74) is 4.09. The Hall–Kier alpha value is -4.18. The summed E-state index contributed by atoms with van der Waals surface area (Å²) < 4.78 is 43.2. The SMILES string of the molecule is Cc1cc(-c2ncn(CC(C)(C)O)n2)cc(C)c1-c1cc(COc2cc3c(cn2)C2C(C3)C2C(=O)OC(C)(C)C)c(F)cc1F. The van der Waals surface area contributed by atoms with Crippen LogP contribution in [0.1, 0.15) is 68.4 Å². The molecule has 6 rings (SSSR count). The van der Waals surface area contributed by atoms with Crippen LogP contribution in [0.25, 0.3) is 22.5 Å². The largest absolute Gasteiger partial charge is 0.473 e. The standard InChI is InChI=1S/C35H38F2N4O4/c1-18-8-21(32-39-17-41(40-32)16-35(6,7)43)9-19(2)29(18)23-11-22(26(36)13-27(23)37)15-44-28-12-20-10-24-30(25(20)14-38-28)31(24)33(42)45-34(3,4)5/h8-9,11-14,17,24,30-31,43H,10,15-16H2,1-7H3. The summed E-state index contributed by atoms with van der Waals surface area (Å²) in [5, 5.41) is 14.6. The quantitative estimate of drug-likeness (QED) is 0.226. The number of aryl methyl sites for hydroxylation is 2. The van der Waals surface area contributed by atoms with Crippen molar-refractivity contribution in [1.29, 1.82) is 0 Å². The topological polar surface area (TPSA) is 99.4 Å². The van der Waals surface area contributed by atoms with E-state index < -0.39 is 22.8 Å². The highest BCUT2D eigenvalue weighted by atomic mass is 19.1. The number of halogens is 2. The van der Waals surface area contributed by atoms with Crippen molar-refractivity contribution in [2.45, 2.75) is 85.2 Å². The van der Waals surface area contributed by atoms with Crippen LogP contribution < -0.4 is 4.74 Å². The Morgan fingerprint density at radius 3 is 2.40 bits per heavy atom. The highest BCUT2D eigenvalue weighted by molar-refractivity contribution is 5.80. The summed E-state index contributed by atoms with van der Waals surface area (Å²) in [6.07, 6.45) is 4.04. The summed E-state index contributed by atoms with van der Waals surface area (Å²) in [5.74, 6) is -0.505. The molecule has 1 N–H and O–H groups in total. The predicted octanol–water partition coefficient (Wildman–Crippen LogP) is 6.48. The first-order chi connectivity index (χ1) is 21.1. The normalized spacial score (nSPS) is 18.8. The fourth-order valence-electron chi connectivity index (χ4n) is 6.50. The van der Waals surface area contributed by atoms with Gasteiger partial charge in [0.2, 0.25) is 5.88 Å². The Kier molecular flexibility index (Phi) is 7.54. The fraction of sp³-hybridized carbons (Fsp3) is 0.429. The zero-order valence-electron chi connectivity index (χ0n) is 26.6. The summed E-state index contributed by atoms with van der Waals surface area (Å²) in [4.78, 5) is 21.4. The van der Waals surface area contributed by atoms with E-state index >= 15 is 4.39 Å². The van der Waals surface area contributed by atoms with Gasteiger partial charge in [0.1, 0.15) is 30.2 Å².